The molecule has 1 aromatic heterocycles. The van der Waals surface area contributed by atoms with Crippen molar-refractivity contribution in [1.82, 2.24) is 5.32 Å². The first-order valence-corrected chi connectivity index (χ1v) is 8.08. The Morgan fingerprint density at radius 2 is 2.17 bits per heavy atom. The van der Waals surface area contributed by atoms with Crippen LogP contribution in [0.5, 0.6) is 0 Å². The van der Waals surface area contributed by atoms with Crippen molar-refractivity contribution in [2.45, 2.75) is 59.0 Å². The van der Waals surface area contributed by atoms with E-state index in [1.54, 1.807) is 11.3 Å². The Morgan fingerprint density at radius 3 is 2.72 bits per heavy atom. The Hall–Kier alpha value is -0.0500. The molecular weight excluding hydrogens is 262 g/mol. The normalized spacial score (nSPS) is 29.2. The highest BCUT2D eigenvalue weighted by Gasteiger charge is 2.32. The highest BCUT2D eigenvalue weighted by molar-refractivity contribution is 7.16. The van der Waals surface area contributed by atoms with Crippen LogP contribution in [0.4, 0.5) is 0 Å². The molecule has 0 amide bonds. The predicted octanol–water partition coefficient (Wildman–Crippen LogP) is 5.27. The van der Waals surface area contributed by atoms with E-state index in [9.17, 15) is 0 Å². The monoisotopic (exact) mass is 285 g/mol. The van der Waals surface area contributed by atoms with Gasteiger partial charge in [0.05, 0.1) is 4.34 Å². The van der Waals surface area contributed by atoms with Gasteiger partial charge in [-0.3, -0.25) is 0 Å². The lowest BCUT2D eigenvalue weighted by molar-refractivity contribution is 0.143. The van der Waals surface area contributed by atoms with E-state index in [-0.39, 0.29) is 0 Å². The van der Waals surface area contributed by atoms with Crippen molar-refractivity contribution in [1.29, 1.82) is 0 Å². The van der Waals surface area contributed by atoms with Gasteiger partial charge in [-0.2, -0.15) is 0 Å². The van der Waals surface area contributed by atoms with E-state index in [1.807, 2.05) is 6.07 Å². The molecule has 0 aromatic carbocycles. The Kier molecular flexibility index (Phi) is 4.40. The minimum Gasteiger partial charge on any atom is -0.306 e. The Bertz CT molecular complexity index is 399. The molecule has 102 valence electrons. The summed E-state index contributed by atoms with van der Waals surface area (Å²) in [4.78, 5) is 1.34. The van der Waals surface area contributed by atoms with Gasteiger partial charge in [0.2, 0.25) is 0 Å². The van der Waals surface area contributed by atoms with Crippen molar-refractivity contribution < 1.29 is 0 Å². The fourth-order valence-electron chi connectivity index (χ4n) is 3.16. The smallest absolute Gasteiger partial charge is 0.0931 e. The number of nitrogens with one attached hydrogen (secondary N) is 1. The van der Waals surface area contributed by atoms with Crippen LogP contribution in [0.2, 0.25) is 4.34 Å². The van der Waals surface area contributed by atoms with Crippen LogP contribution in [0, 0.1) is 11.3 Å². The zero-order valence-electron chi connectivity index (χ0n) is 11.8. The van der Waals surface area contributed by atoms with Crippen LogP contribution in [-0.4, -0.2) is 6.04 Å². The van der Waals surface area contributed by atoms with Gasteiger partial charge >= 0.3 is 0 Å². The summed E-state index contributed by atoms with van der Waals surface area (Å²) < 4.78 is 0.886. The molecule has 1 aliphatic carbocycles. The van der Waals surface area contributed by atoms with Crippen molar-refractivity contribution in [2.24, 2.45) is 11.3 Å². The first-order chi connectivity index (χ1) is 8.37. The third-order valence-electron chi connectivity index (χ3n) is 4.18. The van der Waals surface area contributed by atoms with Crippen LogP contribution >= 0.6 is 22.9 Å². The summed E-state index contributed by atoms with van der Waals surface area (Å²) >= 11 is 7.69. The summed E-state index contributed by atoms with van der Waals surface area (Å²) in [7, 11) is 0. The third-order valence-corrected chi connectivity index (χ3v) is 5.59. The Labute approximate surface area is 120 Å². The lowest BCUT2D eigenvalue weighted by Gasteiger charge is -2.40. The topological polar surface area (TPSA) is 12.0 Å². The van der Waals surface area contributed by atoms with Crippen LogP contribution in [-0.2, 0) is 0 Å². The van der Waals surface area contributed by atoms with Gasteiger partial charge < -0.3 is 5.32 Å². The van der Waals surface area contributed by atoms with Gasteiger partial charge in [0, 0.05) is 17.0 Å². The fraction of sp³-hybridized carbons (Fsp3) is 0.733. The molecule has 3 heteroatoms. The molecule has 1 nitrogen and oxygen atoms in total. The molecule has 1 heterocycles. The molecule has 0 spiro atoms. The Balaban J connectivity index is 1.94. The van der Waals surface area contributed by atoms with Gasteiger partial charge in [-0.25, -0.2) is 0 Å². The second-order valence-electron chi connectivity index (χ2n) is 6.52. The zero-order chi connectivity index (χ0) is 13.3. The average Bonchev–Trinajstić information content (AvgIpc) is 2.68. The van der Waals surface area contributed by atoms with Crippen LogP contribution in [0.1, 0.15) is 57.9 Å². The number of thiophene rings is 1. The van der Waals surface area contributed by atoms with Gasteiger partial charge in [-0.15, -0.1) is 11.3 Å². The summed E-state index contributed by atoms with van der Waals surface area (Å²) in [6, 6.07) is 5.19. The maximum Gasteiger partial charge on any atom is 0.0931 e. The molecule has 0 radical (unpaired) electrons. The largest absolute Gasteiger partial charge is 0.306 e. The van der Waals surface area contributed by atoms with Gasteiger partial charge in [-0.05, 0) is 49.7 Å². The van der Waals surface area contributed by atoms with Gasteiger partial charge in [0.15, 0.2) is 0 Å². The number of halogens is 1. The summed E-state index contributed by atoms with van der Waals surface area (Å²) in [5.74, 6) is 0.756. The van der Waals surface area contributed by atoms with Gasteiger partial charge in [-0.1, -0.05) is 32.4 Å². The molecule has 2 rings (SSSR count). The first kappa shape index (κ1) is 14.4. The number of rotatable bonds is 3. The molecule has 1 aliphatic rings. The highest BCUT2D eigenvalue weighted by atomic mass is 35.5. The van der Waals surface area contributed by atoms with Crippen LogP contribution in [0.25, 0.3) is 0 Å². The van der Waals surface area contributed by atoms with Gasteiger partial charge in [0.1, 0.15) is 0 Å². The predicted molar refractivity (Wildman–Crippen MR) is 81.5 cm³/mol. The molecule has 1 saturated carbocycles. The standard InChI is InChI=1S/C15H24ClNS/c1-10-9-15(3,4)8-7-12(10)17-11(2)13-5-6-14(16)18-13/h5-6,10-12,17H,7-9H2,1-4H3. The number of hydrogen-bond donors (Lipinski definition) is 1. The maximum absolute atomic E-state index is 6.00. The van der Waals surface area contributed by atoms with E-state index >= 15 is 0 Å². The van der Waals surface area contributed by atoms with Crippen molar-refractivity contribution in [3.8, 4) is 0 Å². The number of hydrogen-bond acceptors (Lipinski definition) is 2. The average molecular weight is 286 g/mol. The summed E-state index contributed by atoms with van der Waals surface area (Å²) in [6.07, 6.45) is 3.94. The van der Waals surface area contributed by atoms with E-state index in [4.69, 9.17) is 11.6 Å². The SMILES string of the molecule is CC(NC1CCC(C)(C)CC1C)c1ccc(Cl)s1. The van der Waals surface area contributed by atoms with E-state index in [2.05, 4.69) is 39.1 Å². The molecule has 3 atom stereocenters. The van der Waals surface area contributed by atoms with Crippen molar-refractivity contribution in [3.05, 3.63) is 21.3 Å². The first-order valence-electron chi connectivity index (χ1n) is 6.89. The third kappa shape index (κ3) is 3.49. The van der Waals surface area contributed by atoms with Gasteiger partial charge in [0.25, 0.3) is 0 Å². The van der Waals surface area contributed by atoms with Crippen LogP contribution in [0.15, 0.2) is 12.1 Å². The second kappa shape index (κ2) is 5.52. The van der Waals surface area contributed by atoms with Crippen LogP contribution in [0.3, 0.4) is 0 Å². The van der Waals surface area contributed by atoms with E-state index in [0.29, 0.717) is 17.5 Å². The highest BCUT2D eigenvalue weighted by Crippen LogP contribution is 2.39. The lowest BCUT2D eigenvalue weighted by Crippen LogP contribution is -2.42. The summed E-state index contributed by atoms with van der Waals surface area (Å²) in [5, 5.41) is 3.79. The maximum atomic E-state index is 6.00. The molecule has 1 N–H and O–H groups in total. The second-order valence-corrected chi connectivity index (χ2v) is 8.27. The fourth-order valence-corrected chi connectivity index (χ4v) is 4.23. The van der Waals surface area contributed by atoms with Crippen molar-refractivity contribution >= 4 is 22.9 Å². The van der Waals surface area contributed by atoms with E-state index in [1.165, 1.54) is 24.1 Å². The molecule has 0 saturated heterocycles. The minimum absolute atomic E-state index is 0.413. The van der Waals surface area contributed by atoms with E-state index in [0.717, 1.165) is 10.3 Å². The Morgan fingerprint density at radius 1 is 1.44 bits per heavy atom. The molecule has 1 fully saturated rings. The summed E-state index contributed by atoms with van der Waals surface area (Å²) in [6.45, 7) is 9.41. The molecule has 0 bridgehead atoms. The van der Waals surface area contributed by atoms with E-state index < -0.39 is 0 Å². The molecule has 0 aliphatic heterocycles. The quantitative estimate of drug-likeness (QED) is 0.798. The summed E-state index contributed by atoms with van der Waals surface area (Å²) in [5.41, 5.74) is 0.521. The van der Waals surface area contributed by atoms with Crippen molar-refractivity contribution in [3.63, 3.8) is 0 Å². The minimum atomic E-state index is 0.413. The lowest BCUT2D eigenvalue weighted by atomic mass is 9.70. The van der Waals surface area contributed by atoms with Crippen LogP contribution < -0.4 is 5.32 Å². The molecule has 1 aromatic rings. The zero-order valence-corrected chi connectivity index (χ0v) is 13.4. The molecular formula is C15H24ClNS. The van der Waals surface area contributed by atoms with Crippen molar-refractivity contribution in [2.75, 3.05) is 0 Å². The molecule has 18 heavy (non-hydrogen) atoms. The molecule has 3 unspecified atom stereocenters.